The molecule has 0 unspecified atom stereocenters. The highest BCUT2D eigenvalue weighted by atomic mass is 35.5. The lowest BCUT2D eigenvalue weighted by Crippen LogP contribution is -2.02. The second-order valence-corrected chi connectivity index (χ2v) is 6.50. The molecule has 1 N–H and O–H groups in total. The number of hydrogen-bond donors (Lipinski definition) is 1. The van der Waals surface area contributed by atoms with Crippen LogP contribution in [0.3, 0.4) is 0 Å². The van der Waals surface area contributed by atoms with Gasteiger partial charge in [-0.15, -0.1) is 11.3 Å². The van der Waals surface area contributed by atoms with Gasteiger partial charge in [0.15, 0.2) is 16.6 Å². The molecule has 0 fully saturated rings. The maximum Gasteiger partial charge on any atom is 0.182 e. The van der Waals surface area contributed by atoms with E-state index in [9.17, 15) is 4.39 Å². The normalized spacial score (nSPS) is 10.5. The number of ether oxygens (including phenoxy) is 2. The van der Waals surface area contributed by atoms with E-state index in [0.29, 0.717) is 29.7 Å². The molecule has 1 heterocycles. The van der Waals surface area contributed by atoms with E-state index in [1.807, 2.05) is 11.4 Å². The molecular formula is C18H16ClFN2O2S. The van der Waals surface area contributed by atoms with Gasteiger partial charge in [-0.05, 0) is 29.3 Å². The van der Waals surface area contributed by atoms with E-state index in [1.165, 1.54) is 23.5 Å². The number of aromatic nitrogens is 1. The SMILES string of the molecule is COc1cc(CNc2nccs2)c(Cl)cc1OCc1ccc(F)cc1. The minimum Gasteiger partial charge on any atom is -0.493 e. The maximum absolute atomic E-state index is 13.0. The lowest BCUT2D eigenvalue weighted by atomic mass is 10.2. The fourth-order valence-corrected chi connectivity index (χ4v) is 2.96. The summed E-state index contributed by atoms with van der Waals surface area (Å²) in [6, 6.07) is 9.71. The summed E-state index contributed by atoms with van der Waals surface area (Å²) in [6.45, 7) is 0.824. The second-order valence-electron chi connectivity index (χ2n) is 5.20. The van der Waals surface area contributed by atoms with Crippen LogP contribution in [0.2, 0.25) is 5.02 Å². The van der Waals surface area contributed by atoms with Crippen LogP contribution in [0.1, 0.15) is 11.1 Å². The van der Waals surface area contributed by atoms with E-state index in [2.05, 4.69) is 10.3 Å². The van der Waals surface area contributed by atoms with Gasteiger partial charge in [-0.25, -0.2) is 9.37 Å². The molecule has 3 aromatic rings. The first-order chi connectivity index (χ1) is 12.2. The maximum atomic E-state index is 13.0. The summed E-state index contributed by atoms with van der Waals surface area (Å²) >= 11 is 7.88. The van der Waals surface area contributed by atoms with Gasteiger partial charge in [0.05, 0.1) is 7.11 Å². The molecule has 0 aliphatic carbocycles. The van der Waals surface area contributed by atoms with Gasteiger partial charge in [0.25, 0.3) is 0 Å². The van der Waals surface area contributed by atoms with Crippen molar-refractivity contribution in [3.63, 3.8) is 0 Å². The van der Waals surface area contributed by atoms with Crippen LogP contribution in [0.15, 0.2) is 48.0 Å². The quantitative estimate of drug-likeness (QED) is 0.618. The predicted octanol–water partition coefficient (Wildman–Crippen LogP) is 5.14. The van der Waals surface area contributed by atoms with Crippen molar-refractivity contribution in [1.29, 1.82) is 0 Å². The Morgan fingerprint density at radius 2 is 2.00 bits per heavy atom. The van der Waals surface area contributed by atoms with Crippen LogP contribution < -0.4 is 14.8 Å². The highest BCUT2D eigenvalue weighted by molar-refractivity contribution is 7.13. The van der Waals surface area contributed by atoms with E-state index >= 15 is 0 Å². The third-order valence-electron chi connectivity index (χ3n) is 3.50. The average Bonchev–Trinajstić information content (AvgIpc) is 3.14. The Labute approximate surface area is 154 Å². The Bertz CT molecular complexity index is 826. The Hall–Kier alpha value is -2.31. The third kappa shape index (κ3) is 4.61. The monoisotopic (exact) mass is 378 g/mol. The first-order valence-corrected chi connectivity index (χ1v) is 8.78. The predicted molar refractivity (Wildman–Crippen MR) is 98.2 cm³/mol. The van der Waals surface area contributed by atoms with Crippen molar-refractivity contribution in [1.82, 2.24) is 4.98 Å². The van der Waals surface area contributed by atoms with Gasteiger partial charge in [-0.3, -0.25) is 0 Å². The molecule has 2 aromatic carbocycles. The van der Waals surface area contributed by atoms with Gasteiger partial charge >= 0.3 is 0 Å². The minimum absolute atomic E-state index is 0.276. The molecule has 1 aromatic heterocycles. The topological polar surface area (TPSA) is 43.4 Å². The number of thiazole rings is 1. The molecule has 0 saturated heterocycles. The van der Waals surface area contributed by atoms with Crippen LogP contribution in [0.5, 0.6) is 11.5 Å². The summed E-state index contributed by atoms with van der Waals surface area (Å²) in [7, 11) is 1.58. The Morgan fingerprint density at radius 1 is 1.20 bits per heavy atom. The number of halogens is 2. The second kappa shape index (κ2) is 8.18. The first kappa shape index (κ1) is 17.5. The van der Waals surface area contributed by atoms with Gasteiger partial charge in [0.2, 0.25) is 0 Å². The Balaban J connectivity index is 1.71. The van der Waals surface area contributed by atoms with E-state index in [0.717, 1.165) is 16.3 Å². The molecule has 0 atom stereocenters. The zero-order valence-corrected chi connectivity index (χ0v) is 15.0. The molecule has 7 heteroatoms. The molecule has 0 spiro atoms. The zero-order valence-electron chi connectivity index (χ0n) is 13.5. The van der Waals surface area contributed by atoms with Gasteiger partial charge in [-0.1, -0.05) is 23.7 Å². The summed E-state index contributed by atoms with van der Waals surface area (Å²) in [5, 5.41) is 6.50. The number of benzene rings is 2. The van der Waals surface area contributed by atoms with Crippen molar-refractivity contribution in [2.24, 2.45) is 0 Å². The van der Waals surface area contributed by atoms with Crippen molar-refractivity contribution in [2.75, 3.05) is 12.4 Å². The Kier molecular flexibility index (Phi) is 5.73. The van der Waals surface area contributed by atoms with Crippen LogP contribution in [0.25, 0.3) is 0 Å². The molecule has 130 valence electrons. The van der Waals surface area contributed by atoms with Gasteiger partial charge in [0.1, 0.15) is 12.4 Å². The number of nitrogens with zero attached hydrogens (tertiary/aromatic N) is 1. The van der Waals surface area contributed by atoms with Crippen LogP contribution >= 0.6 is 22.9 Å². The van der Waals surface area contributed by atoms with Crippen molar-refractivity contribution in [3.8, 4) is 11.5 Å². The summed E-state index contributed by atoms with van der Waals surface area (Å²) < 4.78 is 24.1. The number of nitrogens with one attached hydrogen (secondary N) is 1. The van der Waals surface area contributed by atoms with E-state index in [1.54, 1.807) is 31.5 Å². The molecule has 3 rings (SSSR count). The van der Waals surface area contributed by atoms with E-state index in [4.69, 9.17) is 21.1 Å². The number of methoxy groups -OCH3 is 1. The number of rotatable bonds is 7. The highest BCUT2D eigenvalue weighted by Crippen LogP contribution is 2.34. The summed E-state index contributed by atoms with van der Waals surface area (Å²) in [6.07, 6.45) is 1.74. The first-order valence-electron chi connectivity index (χ1n) is 7.52. The van der Waals surface area contributed by atoms with Gasteiger partial charge < -0.3 is 14.8 Å². The molecule has 0 bridgehead atoms. The Morgan fingerprint density at radius 3 is 2.68 bits per heavy atom. The fraction of sp³-hybridized carbons (Fsp3) is 0.167. The summed E-state index contributed by atoms with van der Waals surface area (Å²) in [5.41, 5.74) is 1.73. The van der Waals surface area contributed by atoms with Crippen LogP contribution in [0, 0.1) is 5.82 Å². The standard InChI is InChI=1S/C18H16ClFN2O2S/c1-23-16-8-13(10-22-18-21-6-7-25-18)15(19)9-17(16)24-11-12-2-4-14(20)5-3-12/h2-9H,10-11H2,1H3,(H,21,22). The van der Waals surface area contributed by atoms with Crippen molar-refractivity contribution in [2.45, 2.75) is 13.2 Å². The van der Waals surface area contributed by atoms with Crippen LogP contribution in [-0.4, -0.2) is 12.1 Å². The molecule has 0 radical (unpaired) electrons. The van der Waals surface area contributed by atoms with E-state index in [-0.39, 0.29) is 5.82 Å². The number of anilines is 1. The minimum atomic E-state index is -0.276. The highest BCUT2D eigenvalue weighted by Gasteiger charge is 2.11. The molecule has 4 nitrogen and oxygen atoms in total. The van der Waals surface area contributed by atoms with E-state index < -0.39 is 0 Å². The number of hydrogen-bond acceptors (Lipinski definition) is 5. The summed E-state index contributed by atoms with van der Waals surface area (Å²) in [4.78, 5) is 4.17. The molecule has 0 saturated carbocycles. The lowest BCUT2D eigenvalue weighted by Gasteiger charge is -2.14. The average molecular weight is 379 g/mol. The van der Waals surface area contributed by atoms with Crippen molar-refractivity contribution < 1.29 is 13.9 Å². The fourth-order valence-electron chi connectivity index (χ4n) is 2.21. The smallest absolute Gasteiger partial charge is 0.182 e. The molecule has 0 aliphatic rings. The van der Waals surface area contributed by atoms with Gasteiger partial charge in [-0.2, -0.15) is 0 Å². The lowest BCUT2D eigenvalue weighted by molar-refractivity contribution is 0.284. The largest absolute Gasteiger partial charge is 0.493 e. The van der Waals surface area contributed by atoms with Gasteiger partial charge in [0, 0.05) is 29.2 Å². The molecular weight excluding hydrogens is 363 g/mol. The molecule has 0 amide bonds. The van der Waals surface area contributed by atoms with Crippen molar-refractivity contribution >= 4 is 28.1 Å². The zero-order chi connectivity index (χ0) is 17.6. The van der Waals surface area contributed by atoms with Crippen LogP contribution in [0.4, 0.5) is 9.52 Å². The molecule has 25 heavy (non-hydrogen) atoms. The van der Waals surface area contributed by atoms with Crippen LogP contribution in [-0.2, 0) is 13.2 Å². The van der Waals surface area contributed by atoms with Crippen molar-refractivity contribution in [3.05, 3.63) is 69.9 Å². The summed E-state index contributed by atoms with van der Waals surface area (Å²) in [5.74, 6) is 0.846. The molecule has 0 aliphatic heterocycles. The third-order valence-corrected chi connectivity index (χ3v) is 4.59.